The summed E-state index contributed by atoms with van der Waals surface area (Å²) in [5.74, 6) is 1.32. The van der Waals surface area contributed by atoms with Gasteiger partial charge in [0.15, 0.2) is 5.75 Å². The smallest absolute Gasteiger partial charge is 0.219 e. The van der Waals surface area contributed by atoms with E-state index in [1.54, 1.807) is 10.9 Å². The van der Waals surface area contributed by atoms with Crippen LogP contribution in [0.25, 0.3) is 0 Å². The van der Waals surface area contributed by atoms with E-state index in [0.717, 1.165) is 12.2 Å². The first kappa shape index (κ1) is 11.2. The molecular weight excluding hydrogens is 228 g/mol. The van der Waals surface area contributed by atoms with Crippen LogP contribution >= 0.6 is 0 Å². The van der Waals surface area contributed by atoms with Gasteiger partial charge in [-0.1, -0.05) is 6.07 Å². The molecule has 0 radical (unpaired) electrons. The molecule has 0 aromatic carbocycles. The van der Waals surface area contributed by atoms with Crippen molar-refractivity contribution >= 4 is 0 Å². The van der Waals surface area contributed by atoms with Crippen molar-refractivity contribution in [2.24, 2.45) is 7.05 Å². The van der Waals surface area contributed by atoms with Gasteiger partial charge in [-0.05, 0) is 18.9 Å². The van der Waals surface area contributed by atoms with Crippen LogP contribution in [0.15, 0.2) is 30.6 Å². The van der Waals surface area contributed by atoms with Crippen LogP contribution in [-0.2, 0) is 13.6 Å². The number of ether oxygens (including phenoxy) is 1. The molecule has 0 aliphatic heterocycles. The van der Waals surface area contributed by atoms with Crippen molar-refractivity contribution in [1.29, 1.82) is 0 Å². The molecule has 0 bridgehead atoms. The number of hydrogen-bond donors (Lipinski definition) is 1. The van der Waals surface area contributed by atoms with Gasteiger partial charge in [0.1, 0.15) is 0 Å². The number of aryl methyl sites for hydroxylation is 1. The lowest BCUT2D eigenvalue weighted by molar-refractivity contribution is 0.459. The Labute approximate surface area is 106 Å². The van der Waals surface area contributed by atoms with E-state index in [9.17, 15) is 0 Å². The van der Waals surface area contributed by atoms with E-state index < -0.39 is 0 Å². The number of rotatable bonds is 5. The molecule has 5 nitrogen and oxygen atoms in total. The summed E-state index contributed by atoms with van der Waals surface area (Å²) in [5, 5.41) is 7.49. The molecular formula is C13H16N4O. The molecule has 3 rings (SSSR count). The molecule has 0 amide bonds. The Kier molecular flexibility index (Phi) is 2.98. The highest BCUT2D eigenvalue weighted by Gasteiger charge is 2.20. The van der Waals surface area contributed by atoms with Gasteiger partial charge in [-0.2, -0.15) is 5.10 Å². The second-order valence-electron chi connectivity index (χ2n) is 4.57. The SMILES string of the molecule is Cn1cc(Oc2cccc(CNC3CC3)n2)cn1. The van der Waals surface area contributed by atoms with Crippen LogP contribution in [0, 0.1) is 0 Å². The summed E-state index contributed by atoms with van der Waals surface area (Å²) in [6.45, 7) is 0.801. The second-order valence-corrected chi connectivity index (χ2v) is 4.57. The van der Waals surface area contributed by atoms with Gasteiger partial charge in [0.05, 0.1) is 18.1 Å². The van der Waals surface area contributed by atoms with Gasteiger partial charge in [-0.15, -0.1) is 0 Å². The summed E-state index contributed by atoms with van der Waals surface area (Å²) in [7, 11) is 1.86. The summed E-state index contributed by atoms with van der Waals surface area (Å²) in [4.78, 5) is 4.46. The number of aromatic nitrogens is 3. The van der Waals surface area contributed by atoms with E-state index in [0.29, 0.717) is 17.7 Å². The third-order valence-corrected chi connectivity index (χ3v) is 2.83. The number of pyridine rings is 1. The van der Waals surface area contributed by atoms with Crippen LogP contribution in [0.3, 0.4) is 0 Å². The van der Waals surface area contributed by atoms with Crippen molar-refractivity contribution in [3.05, 3.63) is 36.3 Å². The van der Waals surface area contributed by atoms with Crippen molar-refractivity contribution < 1.29 is 4.74 Å². The Balaban J connectivity index is 1.65. The third-order valence-electron chi connectivity index (χ3n) is 2.83. The molecule has 1 N–H and O–H groups in total. The van der Waals surface area contributed by atoms with Gasteiger partial charge < -0.3 is 10.1 Å². The molecule has 2 aromatic rings. The van der Waals surface area contributed by atoms with Gasteiger partial charge in [0.2, 0.25) is 5.88 Å². The molecule has 18 heavy (non-hydrogen) atoms. The van der Waals surface area contributed by atoms with Crippen molar-refractivity contribution in [3.63, 3.8) is 0 Å². The zero-order valence-corrected chi connectivity index (χ0v) is 10.3. The molecule has 1 fully saturated rings. The van der Waals surface area contributed by atoms with Gasteiger partial charge >= 0.3 is 0 Å². The van der Waals surface area contributed by atoms with Crippen LogP contribution in [0.1, 0.15) is 18.5 Å². The average molecular weight is 244 g/mol. The molecule has 0 unspecified atom stereocenters. The highest BCUT2D eigenvalue weighted by Crippen LogP contribution is 2.20. The van der Waals surface area contributed by atoms with Crippen LogP contribution in [-0.4, -0.2) is 20.8 Å². The minimum Gasteiger partial charge on any atom is -0.436 e. The molecule has 94 valence electrons. The van der Waals surface area contributed by atoms with Crippen molar-refractivity contribution in [3.8, 4) is 11.6 Å². The van der Waals surface area contributed by atoms with E-state index in [1.165, 1.54) is 12.8 Å². The predicted molar refractivity (Wildman–Crippen MR) is 67.4 cm³/mol. The van der Waals surface area contributed by atoms with Crippen LogP contribution in [0.2, 0.25) is 0 Å². The van der Waals surface area contributed by atoms with E-state index in [-0.39, 0.29) is 0 Å². The van der Waals surface area contributed by atoms with E-state index in [2.05, 4.69) is 15.4 Å². The molecule has 0 saturated heterocycles. The third kappa shape index (κ3) is 2.87. The van der Waals surface area contributed by atoms with E-state index >= 15 is 0 Å². The highest BCUT2D eigenvalue weighted by atomic mass is 16.5. The average Bonchev–Trinajstić information content (AvgIpc) is 3.11. The van der Waals surface area contributed by atoms with E-state index in [1.807, 2.05) is 31.4 Å². The van der Waals surface area contributed by atoms with Crippen LogP contribution < -0.4 is 10.1 Å². The lowest BCUT2D eigenvalue weighted by Crippen LogP contribution is -2.16. The molecule has 1 aliphatic carbocycles. The summed E-state index contributed by atoms with van der Waals surface area (Å²) in [6.07, 6.45) is 6.06. The Hall–Kier alpha value is -1.88. The van der Waals surface area contributed by atoms with Gasteiger partial charge in [-0.3, -0.25) is 4.68 Å². The van der Waals surface area contributed by atoms with Gasteiger partial charge in [0.25, 0.3) is 0 Å². The van der Waals surface area contributed by atoms with Gasteiger partial charge in [-0.25, -0.2) is 4.98 Å². The fraction of sp³-hybridized carbons (Fsp3) is 0.385. The Morgan fingerprint density at radius 3 is 3.06 bits per heavy atom. The fourth-order valence-electron chi connectivity index (χ4n) is 1.72. The van der Waals surface area contributed by atoms with Crippen LogP contribution in [0.4, 0.5) is 0 Å². The molecule has 0 atom stereocenters. The zero-order chi connectivity index (χ0) is 12.4. The largest absolute Gasteiger partial charge is 0.436 e. The maximum Gasteiger partial charge on any atom is 0.219 e. The maximum atomic E-state index is 5.64. The molecule has 2 aromatic heterocycles. The van der Waals surface area contributed by atoms with Gasteiger partial charge in [0, 0.05) is 25.7 Å². The Bertz CT molecular complexity index is 533. The maximum absolute atomic E-state index is 5.64. The highest BCUT2D eigenvalue weighted by molar-refractivity contribution is 5.23. The number of nitrogens with one attached hydrogen (secondary N) is 1. The summed E-state index contributed by atoms with van der Waals surface area (Å²) in [5.41, 5.74) is 1.00. The molecule has 0 spiro atoms. The van der Waals surface area contributed by atoms with Crippen LogP contribution in [0.5, 0.6) is 11.6 Å². The quantitative estimate of drug-likeness (QED) is 0.872. The lowest BCUT2D eigenvalue weighted by Gasteiger charge is -2.05. The topological polar surface area (TPSA) is 52.0 Å². The Morgan fingerprint density at radius 2 is 2.33 bits per heavy atom. The van der Waals surface area contributed by atoms with Crippen molar-refractivity contribution in [2.75, 3.05) is 0 Å². The first-order valence-electron chi connectivity index (χ1n) is 6.15. The summed E-state index contributed by atoms with van der Waals surface area (Å²) in [6, 6.07) is 6.51. The molecule has 5 heteroatoms. The second kappa shape index (κ2) is 4.78. The number of hydrogen-bond acceptors (Lipinski definition) is 4. The van der Waals surface area contributed by atoms with E-state index in [4.69, 9.17) is 4.74 Å². The molecule has 1 saturated carbocycles. The first-order chi connectivity index (χ1) is 8.79. The predicted octanol–water partition coefficient (Wildman–Crippen LogP) is 1.86. The monoisotopic (exact) mass is 244 g/mol. The fourth-order valence-corrected chi connectivity index (χ4v) is 1.72. The summed E-state index contributed by atoms with van der Waals surface area (Å²) >= 11 is 0. The lowest BCUT2D eigenvalue weighted by atomic mass is 10.3. The minimum atomic E-state index is 0.609. The normalized spacial score (nSPS) is 14.7. The minimum absolute atomic E-state index is 0.609. The molecule has 1 aliphatic rings. The summed E-state index contributed by atoms with van der Waals surface area (Å²) < 4.78 is 7.34. The number of nitrogens with zero attached hydrogens (tertiary/aromatic N) is 3. The van der Waals surface area contributed by atoms with Crippen molar-refractivity contribution in [2.45, 2.75) is 25.4 Å². The molecule has 2 heterocycles. The zero-order valence-electron chi connectivity index (χ0n) is 10.3. The Morgan fingerprint density at radius 1 is 1.44 bits per heavy atom. The van der Waals surface area contributed by atoms with Crippen molar-refractivity contribution in [1.82, 2.24) is 20.1 Å². The standard InChI is InChI=1S/C13H16N4O/c1-17-9-12(8-15-17)18-13-4-2-3-11(16-13)7-14-10-5-6-10/h2-4,8-10,14H,5-7H2,1H3. The first-order valence-corrected chi connectivity index (χ1v) is 6.15.